The maximum atomic E-state index is 5.57. The lowest BCUT2D eigenvalue weighted by Crippen LogP contribution is -2.45. The number of aromatic nitrogens is 3. The highest BCUT2D eigenvalue weighted by atomic mass is 16.5. The van der Waals surface area contributed by atoms with Gasteiger partial charge in [-0.1, -0.05) is 30.3 Å². The van der Waals surface area contributed by atoms with E-state index in [1.165, 1.54) is 16.8 Å². The third kappa shape index (κ3) is 4.80. The van der Waals surface area contributed by atoms with Crippen LogP contribution in [0.3, 0.4) is 0 Å². The number of hydrogen-bond acceptors (Lipinski definition) is 6. The van der Waals surface area contributed by atoms with Crippen LogP contribution in [0, 0.1) is 0 Å². The Kier molecular flexibility index (Phi) is 6.67. The van der Waals surface area contributed by atoms with Crippen molar-refractivity contribution >= 4 is 16.7 Å². The maximum absolute atomic E-state index is 5.57. The summed E-state index contributed by atoms with van der Waals surface area (Å²) in [6.45, 7) is 10.9. The van der Waals surface area contributed by atoms with Crippen LogP contribution < -0.4 is 5.32 Å². The number of benzene rings is 1. The van der Waals surface area contributed by atoms with Crippen LogP contribution >= 0.6 is 0 Å². The monoisotopic (exact) mass is 434 g/mol. The Balaban J connectivity index is 1.29. The number of ether oxygens (including phenoxy) is 1. The lowest BCUT2D eigenvalue weighted by Gasteiger charge is -2.35. The number of fused-ring (bicyclic) bond motifs is 1. The number of nitrogens with zero attached hydrogens (tertiary/aromatic N) is 5. The molecule has 2 aromatic heterocycles. The molecule has 2 fully saturated rings. The van der Waals surface area contributed by atoms with Gasteiger partial charge in [-0.2, -0.15) is 5.10 Å². The first-order chi connectivity index (χ1) is 15.8. The molecule has 0 spiro atoms. The number of rotatable bonds is 7. The number of aryl methyl sites for hydroxylation is 1. The van der Waals surface area contributed by atoms with Crippen LogP contribution in [0.1, 0.15) is 30.9 Å². The van der Waals surface area contributed by atoms with Crippen LogP contribution in [-0.4, -0.2) is 70.0 Å². The van der Waals surface area contributed by atoms with E-state index in [9.17, 15) is 0 Å². The van der Waals surface area contributed by atoms with Crippen LogP contribution in [0.25, 0.3) is 11.0 Å². The summed E-state index contributed by atoms with van der Waals surface area (Å²) in [7, 11) is 0. The van der Waals surface area contributed by atoms with Crippen molar-refractivity contribution < 1.29 is 4.74 Å². The van der Waals surface area contributed by atoms with Gasteiger partial charge in [-0.3, -0.25) is 9.80 Å². The lowest BCUT2D eigenvalue weighted by molar-refractivity contribution is 0.0904. The lowest BCUT2D eigenvalue weighted by atomic mass is 10.1. The zero-order valence-electron chi connectivity index (χ0n) is 19.0. The van der Waals surface area contributed by atoms with Gasteiger partial charge in [-0.15, -0.1) is 0 Å². The van der Waals surface area contributed by atoms with Gasteiger partial charge < -0.3 is 10.1 Å². The molecule has 7 heteroatoms. The molecule has 0 aliphatic carbocycles. The second-order valence-corrected chi connectivity index (χ2v) is 8.92. The van der Waals surface area contributed by atoms with E-state index < -0.39 is 0 Å². The average molecular weight is 435 g/mol. The van der Waals surface area contributed by atoms with Crippen molar-refractivity contribution in [3.8, 4) is 0 Å². The van der Waals surface area contributed by atoms with Gasteiger partial charge in [-0.05, 0) is 25.3 Å². The van der Waals surface area contributed by atoms with Gasteiger partial charge in [0.15, 0.2) is 5.65 Å². The van der Waals surface area contributed by atoms with Crippen molar-refractivity contribution in [2.24, 2.45) is 0 Å². The number of hydrogen-bond donors (Lipinski definition) is 1. The van der Waals surface area contributed by atoms with E-state index in [1.54, 1.807) is 0 Å². The third-order valence-corrected chi connectivity index (χ3v) is 6.72. The summed E-state index contributed by atoms with van der Waals surface area (Å²) < 4.78 is 7.55. The van der Waals surface area contributed by atoms with Gasteiger partial charge in [0.05, 0.1) is 17.3 Å². The highest BCUT2D eigenvalue weighted by Gasteiger charge is 2.22. The smallest absolute Gasteiger partial charge is 0.159 e. The second-order valence-electron chi connectivity index (χ2n) is 8.92. The molecule has 3 aromatic rings. The molecule has 170 valence electrons. The summed E-state index contributed by atoms with van der Waals surface area (Å²) in [6, 6.07) is 11.2. The number of pyridine rings is 1. The fraction of sp³-hybridized carbons (Fsp3) is 0.520. The summed E-state index contributed by atoms with van der Waals surface area (Å²) in [6.07, 6.45) is 6.13. The van der Waals surface area contributed by atoms with Gasteiger partial charge in [0.2, 0.25) is 0 Å². The summed E-state index contributed by atoms with van der Waals surface area (Å²) in [5, 5.41) is 9.56. The molecule has 0 atom stereocenters. The largest absolute Gasteiger partial charge is 0.381 e. The molecule has 0 amide bonds. The van der Waals surface area contributed by atoms with E-state index >= 15 is 0 Å². The Morgan fingerprint density at radius 1 is 0.969 bits per heavy atom. The molecular formula is C25H34N6O. The van der Waals surface area contributed by atoms with Crippen LogP contribution in [0.2, 0.25) is 0 Å². The standard InChI is InChI=1S/C25H34N6O/c1-2-31-25-23(17-27-31)24(28-22-8-14-32-15-9-22)21(16-26-25)19-30-12-10-29(11-13-30)18-20-6-4-3-5-7-20/h3-7,16-17,22H,2,8-15,18-19H2,1H3,(H,26,28). The Labute approximate surface area is 190 Å². The summed E-state index contributed by atoms with van der Waals surface area (Å²) >= 11 is 0. The highest BCUT2D eigenvalue weighted by Crippen LogP contribution is 2.29. The van der Waals surface area contributed by atoms with Crippen LogP contribution in [-0.2, 0) is 24.4 Å². The van der Waals surface area contributed by atoms with E-state index in [2.05, 4.69) is 63.7 Å². The molecule has 0 bridgehead atoms. The molecule has 0 unspecified atom stereocenters. The number of piperazine rings is 1. The van der Waals surface area contributed by atoms with Gasteiger partial charge in [0, 0.05) is 76.8 Å². The van der Waals surface area contributed by atoms with Crippen LogP contribution in [0.4, 0.5) is 5.69 Å². The first-order valence-corrected chi connectivity index (χ1v) is 12.0. The molecule has 2 aliphatic rings. The van der Waals surface area contributed by atoms with E-state index in [1.807, 2.05) is 10.9 Å². The van der Waals surface area contributed by atoms with Gasteiger partial charge >= 0.3 is 0 Å². The average Bonchev–Trinajstić information content (AvgIpc) is 3.27. The van der Waals surface area contributed by atoms with Gasteiger partial charge in [0.1, 0.15) is 0 Å². The Morgan fingerprint density at radius 3 is 2.41 bits per heavy atom. The zero-order valence-corrected chi connectivity index (χ0v) is 19.0. The SMILES string of the molecule is CCn1ncc2c(NC3CCOCC3)c(CN3CCN(Cc4ccccc4)CC3)cnc21. The van der Waals surface area contributed by atoms with Crippen molar-refractivity contribution in [1.82, 2.24) is 24.6 Å². The van der Waals surface area contributed by atoms with Crippen molar-refractivity contribution in [3.05, 3.63) is 53.9 Å². The molecule has 0 saturated carbocycles. The molecule has 7 nitrogen and oxygen atoms in total. The highest BCUT2D eigenvalue weighted by molar-refractivity contribution is 5.90. The Bertz CT molecular complexity index is 1010. The minimum atomic E-state index is 0.445. The van der Waals surface area contributed by atoms with E-state index in [0.717, 1.165) is 82.9 Å². The van der Waals surface area contributed by atoms with Gasteiger partial charge in [-0.25, -0.2) is 9.67 Å². The summed E-state index contributed by atoms with van der Waals surface area (Å²) in [5.41, 5.74) is 4.86. The molecule has 32 heavy (non-hydrogen) atoms. The van der Waals surface area contributed by atoms with E-state index in [-0.39, 0.29) is 0 Å². The minimum Gasteiger partial charge on any atom is -0.381 e. The number of nitrogens with one attached hydrogen (secondary N) is 1. The Morgan fingerprint density at radius 2 is 1.69 bits per heavy atom. The van der Waals surface area contributed by atoms with Crippen molar-refractivity contribution in [2.45, 2.75) is 45.4 Å². The maximum Gasteiger partial charge on any atom is 0.159 e. The fourth-order valence-electron chi connectivity index (χ4n) is 4.82. The molecule has 1 aromatic carbocycles. The van der Waals surface area contributed by atoms with Crippen LogP contribution in [0.15, 0.2) is 42.7 Å². The predicted molar refractivity (Wildman–Crippen MR) is 128 cm³/mol. The molecule has 0 radical (unpaired) electrons. The molecule has 5 rings (SSSR count). The normalized spacial score (nSPS) is 18.9. The molecular weight excluding hydrogens is 400 g/mol. The quantitative estimate of drug-likeness (QED) is 0.615. The van der Waals surface area contributed by atoms with Crippen LogP contribution in [0.5, 0.6) is 0 Å². The zero-order chi connectivity index (χ0) is 21.8. The van der Waals surface area contributed by atoms with E-state index in [4.69, 9.17) is 9.72 Å². The minimum absolute atomic E-state index is 0.445. The van der Waals surface area contributed by atoms with Crippen molar-refractivity contribution in [3.63, 3.8) is 0 Å². The Hall–Kier alpha value is -2.48. The van der Waals surface area contributed by atoms with E-state index in [0.29, 0.717) is 6.04 Å². The molecule has 2 saturated heterocycles. The van der Waals surface area contributed by atoms with Crippen molar-refractivity contribution in [2.75, 3.05) is 44.7 Å². The molecule has 1 N–H and O–H groups in total. The number of anilines is 1. The second kappa shape index (κ2) is 9.98. The first kappa shape index (κ1) is 21.4. The van der Waals surface area contributed by atoms with Gasteiger partial charge in [0.25, 0.3) is 0 Å². The third-order valence-electron chi connectivity index (χ3n) is 6.72. The summed E-state index contributed by atoms with van der Waals surface area (Å²) in [4.78, 5) is 9.92. The topological polar surface area (TPSA) is 58.5 Å². The first-order valence-electron chi connectivity index (χ1n) is 12.0. The summed E-state index contributed by atoms with van der Waals surface area (Å²) in [5.74, 6) is 0. The van der Waals surface area contributed by atoms with Crippen molar-refractivity contribution in [1.29, 1.82) is 0 Å². The predicted octanol–water partition coefficient (Wildman–Crippen LogP) is 3.36. The molecule has 4 heterocycles. The molecule has 2 aliphatic heterocycles. The fourth-order valence-corrected chi connectivity index (χ4v) is 4.82.